The Morgan fingerprint density at radius 1 is 1.12 bits per heavy atom. The highest BCUT2D eigenvalue weighted by Crippen LogP contribution is 2.17. The summed E-state index contributed by atoms with van der Waals surface area (Å²) in [7, 11) is 0. The molecule has 0 radical (unpaired) electrons. The Hall–Kier alpha value is -2.93. The maximum Gasteiger partial charge on any atom is 0.269 e. The van der Waals surface area contributed by atoms with Gasteiger partial charge in [-0.25, -0.2) is 0 Å². The van der Waals surface area contributed by atoms with Gasteiger partial charge in [-0.3, -0.25) is 14.9 Å². The van der Waals surface area contributed by atoms with Crippen LogP contribution < -0.4 is 10.5 Å². The zero-order valence-corrected chi connectivity index (χ0v) is 13.8. The van der Waals surface area contributed by atoms with E-state index in [2.05, 4.69) is 0 Å². The molecule has 0 bridgehead atoms. The predicted molar refractivity (Wildman–Crippen MR) is 94.1 cm³/mol. The third-order valence-electron chi connectivity index (χ3n) is 3.61. The van der Waals surface area contributed by atoms with Gasteiger partial charge in [0.25, 0.3) is 11.6 Å². The van der Waals surface area contributed by atoms with Crippen LogP contribution in [0.1, 0.15) is 12.0 Å². The molecule has 2 aromatic carbocycles. The molecule has 0 aliphatic rings. The fourth-order valence-electron chi connectivity index (χ4n) is 2.28. The van der Waals surface area contributed by atoms with Gasteiger partial charge in [0.15, 0.2) is 6.61 Å². The van der Waals surface area contributed by atoms with Gasteiger partial charge in [-0.2, -0.15) is 0 Å². The first-order valence-corrected chi connectivity index (χ1v) is 7.99. The van der Waals surface area contributed by atoms with Crippen molar-refractivity contribution in [3.63, 3.8) is 0 Å². The molecular formula is C18H21N3O4. The molecule has 0 aliphatic carbocycles. The number of amides is 1. The van der Waals surface area contributed by atoms with Gasteiger partial charge < -0.3 is 15.4 Å². The number of hydrogen-bond acceptors (Lipinski definition) is 5. The van der Waals surface area contributed by atoms with Crippen molar-refractivity contribution < 1.29 is 14.5 Å². The molecule has 0 saturated heterocycles. The lowest BCUT2D eigenvalue weighted by molar-refractivity contribution is -0.384. The molecule has 0 spiro atoms. The summed E-state index contributed by atoms with van der Waals surface area (Å²) in [6.45, 7) is 1.41. The molecule has 132 valence electrons. The molecule has 25 heavy (non-hydrogen) atoms. The quantitative estimate of drug-likeness (QED) is 0.556. The summed E-state index contributed by atoms with van der Waals surface area (Å²) in [4.78, 5) is 24.3. The van der Waals surface area contributed by atoms with Gasteiger partial charge in [0.1, 0.15) is 5.75 Å². The Balaban J connectivity index is 1.95. The SMILES string of the molecule is NCCCN(Cc1ccccc1)C(=O)COc1ccc([N+](=O)[O-])cc1. The van der Waals surface area contributed by atoms with E-state index < -0.39 is 4.92 Å². The highest BCUT2D eigenvalue weighted by atomic mass is 16.6. The highest BCUT2D eigenvalue weighted by molar-refractivity contribution is 5.77. The van der Waals surface area contributed by atoms with Crippen molar-refractivity contribution in [3.8, 4) is 5.75 Å². The van der Waals surface area contributed by atoms with Crippen LogP contribution in [0.15, 0.2) is 54.6 Å². The van der Waals surface area contributed by atoms with Crippen molar-refractivity contribution in [3.05, 3.63) is 70.3 Å². The topological polar surface area (TPSA) is 98.7 Å². The maximum absolute atomic E-state index is 12.5. The minimum Gasteiger partial charge on any atom is -0.484 e. The lowest BCUT2D eigenvalue weighted by atomic mass is 10.2. The van der Waals surface area contributed by atoms with E-state index in [1.54, 1.807) is 4.90 Å². The molecule has 2 N–H and O–H groups in total. The molecule has 0 atom stereocenters. The van der Waals surface area contributed by atoms with E-state index in [0.29, 0.717) is 31.8 Å². The summed E-state index contributed by atoms with van der Waals surface area (Å²) in [5, 5.41) is 10.6. The lowest BCUT2D eigenvalue weighted by Crippen LogP contribution is -2.36. The molecule has 0 aliphatic heterocycles. The molecule has 2 rings (SSSR count). The van der Waals surface area contributed by atoms with Crippen molar-refractivity contribution in [1.82, 2.24) is 4.90 Å². The molecule has 0 saturated carbocycles. The number of nitro benzene ring substituents is 1. The number of nitrogens with zero attached hydrogens (tertiary/aromatic N) is 2. The Labute approximate surface area is 146 Å². The van der Waals surface area contributed by atoms with Gasteiger partial charge in [-0.1, -0.05) is 30.3 Å². The van der Waals surface area contributed by atoms with Crippen molar-refractivity contribution >= 4 is 11.6 Å². The van der Waals surface area contributed by atoms with Crippen LogP contribution in [0.2, 0.25) is 0 Å². The second-order valence-corrected chi connectivity index (χ2v) is 5.48. The van der Waals surface area contributed by atoms with E-state index in [0.717, 1.165) is 5.56 Å². The molecule has 0 fully saturated rings. The molecule has 7 heteroatoms. The lowest BCUT2D eigenvalue weighted by Gasteiger charge is -2.22. The number of nitro groups is 1. The zero-order valence-electron chi connectivity index (χ0n) is 13.8. The van der Waals surface area contributed by atoms with Crippen molar-refractivity contribution in [2.45, 2.75) is 13.0 Å². The predicted octanol–water partition coefficient (Wildman–Crippen LogP) is 2.35. The zero-order chi connectivity index (χ0) is 18.1. The standard InChI is InChI=1S/C18H21N3O4/c19-11-4-12-20(13-15-5-2-1-3-6-15)18(22)14-25-17-9-7-16(8-10-17)21(23)24/h1-3,5-10H,4,11-14,19H2. The molecular weight excluding hydrogens is 322 g/mol. The third-order valence-corrected chi connectivity index (χ3v) is 3.61. The molecule has 2 aromatic rings. The first-order chi connectivity index (χ1) is 12.1. The average molecular weight is 343 g/mol. The Bertz CT molecular complexity index is 689. The maximum atomic E-state index is 12.5. The van der Waals surface area contributed by atoms with Gasteiger partial charge in [0.2, 0.25) is 0 Å². The molecule has 0 unspecified atom stereocenters. The molecule has 0 aromatic heterocycles. The van der Waals surface area contributed by atoms with E-state index >= 15 is 0 Å². The summed E-state index contributed by atoms with van der Waals surface area (Å²) < 4.78 is 5.46. The van der Waals surface area contributed by atoms with Crippen LogP contribution in [0, 0.1) is 10.1 Å². The number of carbonyl (C=O) groups is 1. The fourth-order valence-corrected chi connectivity index (χ4v) is 2.28. The van der Waals surface area contributed by atoms with Gasteiger partial charge in [0, 0.05) is 25.2 Å². The summed E-state index contributed by atoms with van der Waals surface area (Å²) in [6.07, 6.45) is 0.704. The molecule has 0 heterocycles. The number of benzene rings is 2. The summed E-state index contributed by atoms with van der Waals surface area (Å²) in [5.74, 6) is 0.257. The van der Waals surface area contributed by atoms with Gasteiger partial charge in [0.05, 0.1) is 4.92 Å². The van der Waals surface area contributed by atoms with Crippen LogP contribution in [0.4, 0.5) is 5.69 Å². The second kappa shape index (κ2) is 9.39. The molecule has 1 amide bonds. The summed E-state index contributed by atoms with van der Waals surface area (Å²) >= 11 is 0. The van der Waals surface area contributed by atoms with Gasteiger partial charge >= 0.3 is 0 Å². The number of non-ortho nitro benzene ring substituents is 1. The minimum atomic E-state index is -0.483. The Morgan fingerprint density at radius 2 is 1.80 bits per heavy atom. The van der Waals surface area contributed by atoms with E-state index in [-0.39, 0.29) is 18.2 Å². The number of hydrogen-bond donors (Lipinski definition) is 1. The van der Waals surface area contributed by atoms with E-state index in [1.807, 2.05) is 30.3 Å². The highest BCUT2D eigenvalue weighted by Gasteiger charge is 2.15. The number of nitrogens with two attached hydrogens (primary N) is 1. The monoisotopic (exact) mass is 343 g/mol. The first kappa shape index (κ1) is 18.4. The molecule has 7 nitrogen and oxygen atoms in total. The van der Waals surface area contributed by atoms with Crippen molar-refractivity contribution in [2.24, 2.45) is 5.73 Å². The number of ether oxygens (including phenoxy) is 1. The number of rotatable bonds is 9. The van der Waals surface area contributed by atoms with Crippen LogP contribution in [0.5, 0.6) is 5.75 Å². The Kier molecular flexibility index (Phi) is 6.91. The van der Waals surface area contributed by atoms with E-state index in [9.17, 15) is 14.9 Å². The summed E-state index contributed by atoms with van der Waals surface area (Å²) in [5.41, 5.74) is 6.56. The normalized spacial score (nSPS) is 10.3. The van der Waals surface area contributed by atoms with Crippen LogP contribution in [-0.4, -0.2) is 35.4 Å². The van der Waals surface area contributed by atoms with E-state index in [1.165, 1.54) is 24.3 Å². The van der Waals surface area contributed by atoms with Crippen molar-refractivity contribution in [2.75, 3.05) is 19.7 Å². The Morgan fingerprint density at radius 3 is 2.40 bits per heavy atom. The average Bonchev–Trinajstić information content (AvgIpc) is 2.64. The summed E-state index contributed by atoms with van der Waals surface area (Å²) in [6, 6.07) is 15.3. The number of carbonyl (C=O) groups excluding carboxylic acids is 1. The second-order valence-electron chi connectivity index (χ2n) is 5.48. The van der Waals surface area contributed by atoms with Crippen LogP contribution >= 0.6 is 0 Å². The van der Waals surface area contributed by atoms with Gasteiger partial charge in [-0.15, -0.1) is 0 Å². The van der Waals surface area contributed by atoms with E-state index in [4.69, 9.17) is 10.5 Å². The van der Waals surface area contributed by atoms with Gasteiger partial charge in [-0.05, 0) is 30.7 Å². The fraction of sp³-hybridized carbons (Fsp3) is 0.278. The minimum absolute atomic E-state index is 0.0210. The van der Waals surface area contributed by atoms with Crippen molar-refractivity contribution in [1.29, 1.82) is 0 Å². The smallest absolute Gasteiger partial charge is 0.269 e. The largest absolute Gasteiger partial charge is 0.484 e. The van der Waals surface area contributed by atoms with Crippen LogP contribution in [-0.2, 0) is 11.3 Å². The van der Waals surface area contributed by atoms with Crippen LogP contribution in [0.25, 0.3) is 0 Å². The van der Waals surface area contributed by atoms with Crippen LogP contribution in [0.3, 0.4) is 0 Å². The first-order valence-electron chi connectivity index (χ1n) is 7.99. The third kappa shape index (κ3) is 5.89.